The van der Waals surface area contributed by atoms with Crippen LogP contribution in [0.15, 0.2) is 65.1 Å². The summed E-state index contributed by atoms with van der Waals surface area (Å²) in [5.74, 6) is 1.66. The molecule has 6 heteroatoms. The van der Waals surface area contributed by atoms with Gasteiger partial charge in [-0.3, -0.25) is 4.57 Å². The Morgan fingerprint density at radius 1 is 1.00 bits per heavy atom. The Balaban J connectivity index is 1.52. The van der Waals surface area contributed by atoms with Gasteiger partial charge in [0.1, 0.15) is 10.8 Å². The Morgan fingerprint density at radius 3 is 2.65 bits per heavy atom. The van der Waals surface area contributed by atoms with Crippen LogP contribution in [0.3, 0.4) is 0 Å². The van der Waals surface area contributed by atoms with Crippen LogP contribution in [0.1, 0.15) is 17.1 Å². The van der Waals surface area contributed by atoms with Crippen LogP contribution in [0, 0.1) is 13.8 Å². The summed E-state index contributed by atoms with van der Waals surface area (Å²) in [6, 6.07) is 18.7. The first-order chi connectivity index (χ1) is 12.7. The monoisotopic (exact) mass is 378 g/mol. The summed E-state index contributed by atoms with van der Waals surface area (Å²) in [6.07, 6.45) is 0. The largest absolute Gasteiger partial charge is 0.274 e. The van der Waals surface area contributed by atoms with E-state index in [0.29, 0.717) is 0 Å². The minimum atomic E-state index is 0.771. The van der Waals surface area contributed by atoms with E-state index in [2.05, 4.69) is 63.5 Å². The maximum Gasteiger partial charge on any atom is 0.196 e. The van der Waals surface area contributed by atoms with Crippen molar-refractivity contribution in [2.24, 2.45) is 0 Å². The summed E-state index contributed by atoms with van der Waals surface area (Å²) in [4.78, 5) is 4.79. The molecule has 4 aromatic rings. The SMILES string of the molecule is Cc1cccc(-c2nc(CSc3nnc(C)n3-c3ccccc3)cs2)c1. The lowest BCUT2D eigenvalue weighted by molar-refractivity contribution is 0.868. The van der Waals surface area contributed by atoms with Crippen molar-refractivity contribution in [1.82, 2.24) is 19.7 Å². The average molecular weight is 379 g/mol. The number of thioether (sulfide) groups is 1. The quantitative estimate of drug-likeness (QED) is 0.442. The second kappa shape index (κ2) is 7.43. The summed E-state index contributed by atoms with van der Waals surface area (Å²) < 4.78 is 2.08. The zero-order chi connectivity index (χ0) is 17.9. The van der Waals surface area contributed by atoms with E-state index >= 15 is 0 Å². The third-order valence-corrected chi connectivity index (χ3v) is 5.88. The second-order valence-electron chi connectivity index (χ2n) is 6.00. The lowest BCUT2D eigenvalue weighted by Gasteiger charge is -2.07. The van der Waals surface area contributed by atoms with Gasteiger partial charge in [-0.25, -0.2) is 4.98 Å². The van der Waals surface area contributed by atoms with Crippen LogP contribution >= 0.6 is 23.1 Å². The van der Waals surface area contributed by atoms with Crippen molar-refractivity contribution < 1.29 is 0 Å². The van der Waals surface area contributed by atoms with Gasteiger partial charge in [0.05, 0.1) is 5.69 Å². The molecule has 0 spiro atoms. The number of aromatic nitrogens is 4. The van der Waals surface area contributed by atoms with Gasteiger partial charge in [-0.15, -0.1) is 21.5 Å². The first kappa shape index (κ1) is 17.0. The van der Waals surface area contributed by atoms with E-state index in [9.17, 15) is 0 Å². The molecule has 0 atom stereocenters. The van der Waals surface area contributed by atoms with Gasteiger partial charge in [-0.2, -0.15) is 0 Å². The first-order valence-corrected chi connectivity index (χ1v) is 10.2. The maximum atomic E-state index is 4.79. The van der Waals surface area contributed by atoms with Crippen molar-refractivity contribution in [2.45, 2.75) is 24.8 Å². The molecule has 0 aliphatic heterocycles. The topological polar surface area (TPSA) is 43.6 Å². The average Bonchev–Trinajstić information content (AvgIpc) is 3.27. The van der Waals surface area contributed by atoms with Crippen molar-refractivity contribution >= 4 is 23.1 Å². The van der Waals surface area contributed by atoms with E-state index in [1.54, 1.807) is 23.1 Å². The van der Waals surface area contributed by atoms with Gasteiger partial charge in [0, 0.05) is 22.4 Å². The molecule has 0 saturated heterocycles. The van der Waals surface area contributed by atoms with E-state index in [1.807, 2.05) is 25.1 Å². The molecule has 0 saturated carbocycles. The van der Waals surface area contributed by atoms with Crippen molar-refractivity contribution in [2.75, 3.05) is 0 Å². The molecule has 0 amide bonds. The van der Waals surface area contributed by atoms with Gasteiger partial charge in [0.25, 0.3) is 0 Å². The lowest BCUT2D eigenvalue weighted by atomic mass is 10.1. The van der Waals surface area contributed by atoms with Crippen molar-refractivity contribution in [3.8, 4) is 16.3 Å². The van der Waals surface area contributed by atoms with Gasteiger partial charge < -0.3 is 0 Å². The van der Waals surface area contributed by atoms with Gasteiger partial charge in [-0.1, -0.05) is 53.7 Å². The highest BCUT2D eigenvalue weighted by Gasteiger charge is 2.12. The molecular weight excluding hydrogens is 360 g/mol. The summed E-state index contributed by atoms with van der Waals surface area (Å²) in [5, 5.41) is 12.7. The van der Waals surface area contributed by atoms with Crippen LogP contribution in [0.25, 0.3) is 16.3 Å². The van der Waals surface area contributed by atoms with E-state index < -0.39 is 0 Å². The van der Waals surface area contributed by atoms with Gasteiger partial charge >= 0.3 is 0 Å². The molecule has 26 heavy (non-hydrogen) atoms. The zero-order valence-electron chi connectivity index (χ0n) is 14.6. The van der Waals surface area contributed by atoms with Gasteiger partial charge in [0.15, 0.2) is 5.16 Å². The molecule has 4 nitrogen and oxygen atoms in total. The molecule has 0 bridgehead atoms. The molecule has 130 valence electrons. The standard InChI is InChI=1S/C20H18N4S2/c1-14-7-6-8-16(11-14)19-21-17(12-25-19)13-26-20-23-22-15(2)24(20)18-9-4-3-5-10-18/h3-12H,13H2,1-2H3. The van der Waals surface area contributed by atoms with Gasteiger partial charge in [0.2, 0.25) is 0 Å². The van der Waals surface area contributed by atoms with Crippen LogP contribution < -0.4 is 0 Å². The fraction of sp³-hybridized carbons (Fsp3) is 0.150. The lowest BCUT2D eigenvalue weighted by Crippen LogP contribution is -1.98. The Kier molecular flexibility index (Phi) is 4.86. The number of para-hydroxylation sites is 1. The minimum absolute atomic E-state index is 0.771. The fourth-order valence-electron chi connectivity index (χ4n) is 2.73. The predicted molar refractivity (Wildman–Crippen MR) is 108 cm³/mol. The molecule has 2 aromatic carbocycles. The number of thiazole rings is 1. The highest BCUT2D eigenvalue weighted by molar-refractivity contribution is 7.98. The predicted octanol–water partition coefficient (Wildman–Crippen LogP) is 5.30. The van der Waals surface area contributed by atoms with Crippen LogP contribution in [0.4, 0.5) is 0 Å². The minimum Gasteiger partial charge on any atom is -0.274 e. The molecule has 2 heterocycles. The van der Waals surface area contributed by atoms with E-state index in [-0.39, 0.29) is 0 Å². The summed E-state index contributed by atoms with van der Waals surface area (Å²) in [7, 11) is 0. The molecular formula is C20H18N4S2. The van der Waals surface area contributed by atoms with Crippen molar-refractivity contribution in [3.05, 3.63) is 77.1 Å². The molecule has 0 aliphatic rings. The number of benzene rings is 2. The third-order valence-electron chi connectivity index (χ3n) is 3.98. The third kappa shape index (κ3) is 3.57. The van der Waals surface area contributed by atoms with Gasteiger partial charge in [-0.05, 0) is 32.0 Å². The zero-order valence-corrected chi connectivity index (χ0v) is 16.2. The number of hydrogen-bond donors (Lipinski definition) is 0. The Morgan fingerprint density at radius 2 is 1.85 bits per heavy atom. The van der Waals surface area contributed by atoms with E-state index in [0.717, 1.165) is 33.1 Å². The highest BCUT2D eigenvalue weighted by atomic mass is 32.2. The summed E-state index contributed by atoms with van der Waals surface area (Å²) in [5.41, 5.74) is 4.57. The Labute approximate surface area is 161 Å². The molecule has 4 rings (SSSR count). The van der Waals surface area contributed by atoms with Crippen LogP contribution in [0.5, 0.6) is 0 Å². The van der Waals surface area contributed by atoms with Crippen LogP contribution in [-0.4, -0.2) is 19.7 Å². The molecule has 0 aliphatic carbocycles. The number of aryl methyl sites for hydroxylation is 2. The van der Waals surface area contributed by atoms with Crippen LogP contribution in [-0.2, 0) is 5.75 Å². The molecule has 0 unspecified atom stereocenters. The van der Waals surface area contributed by atoms with Crippen molar-refractivity contribution in [1.29, 1.82) is 0 Å². The molecule has 2 aromatic heterocycles. The highest BCUT2D eigenvalue weighted by Crippen LogP contribution is 2.29. The summed E-state index contributed by atoms with van der Waals surface area (Å²) in [6.45, 7) is 4.08. The summed E-state index contributed by atoms with van der Waals surface area (Å²) >= 11 is 3.35. The Hall–Kier alpha value is -2.44. The number of nitrogens with zero attached hydrogens (tertiary/aromatic N) is 4. The number of rotatable bonds is 5. The Bertz CT molecular complexity index is 1020. The smallest absolute Gasteiger partial charge is 0.196 e. The van der Waals surface area contributed by atoms with Crippen LogP contribution in [0.2, 0.25) is 0 Å². The van der Waals surface area contributed by atoms with Crippen molar-refractivity contribution in [3.63, 3.8) is 0 Å². The number of hydrogen-bond acceptors (Lipinski definition) is 5. The first-order valence-electron chi connectivity index (χ1n) is 8.32. The second-order valence-corrected chi connectivity index (χ2v) is 7.80. The molecule has 0 fully saturated rings. The van der Waals surface area contributed by atoms with E-state index in [4.69, 9.17) is 4.98 Å². The van der Waals surface area contributed by atoms with E-state index in [1.165, 1.54) is 11.1 Å². The maximum absolute atomic E-state index is 4.79. The molecule has 0 N–H and O–H groups in total. The fourth-order valence-corrected chi connectivity index (χ4v) is 4.55. The normalized spacial score (nSPS) is 11.0. The molecule has 0 radical (unpaired) electrons.